The van der Waals surface area contributed by atoms with Gasteiger partial charge in [-0.05, 0) is 12.8 Å². The number of rotatable bonds is 3. The van der Waals surface area contributed by atoms with Gasteiger partial charge in [0, 0.05) is 13.1 Å². The second-order valence-electron chi connectivity index (χ2n) is 4.12. The van der Waals surface area contributed by atoms with Crippen molar-refractivity contribution in [3.05, 3.63) is 11.6 Å². The number of guanidine groups is 1. The van der Waals surface area contributed by atoms with E-state index in [9.17, 15) is 13.2 Å². The molecule has 0 spiro atoms. The van der Waals surface area contributed by atoms with E-state index in [1.54, 1.807) is 11.9 Å². The summed E-state index contributed by atoms with van der Waals surface area (Å²) in [6, 6.07) is 0.397. The zero-order chi connectivity index (χ0) is 13.3. The quantitative estimate of drug-likeness (QED) is 0.621. The van der Waals surface area contributed by atoms with E-state index in [1.165, 1.54) is 0 Å². The zero-order valence-corrected chi connectivity index (χ0v) is 9.70. The molecule has 1 saturated carbocycles. The molecule has 0 bridgehead atoms. The standard InChI is InChI=1S/C9H13F3N6/c1-18(5-2-3-5)8(13)14-4-6-15-7(17-16-6)9(10,11)12/h5H,2-4H2,1H3,(H2,13,14)(H,15,16,17). The lowest BCUT2D eigenvalue weighted by atomic mass is 10.5. The van der Waals surface area contributed by atoms with Crippen molar-refractivity contribution >= 4 is 5.96 Å². The molecule has 1 aliphatic rings. The number of aliphatic imine (C=N–C) groups is 1. The first-order valence-electron chi connectivity index (χ1n) is 5.39. The smallest absolute Gasteiger partial charge is 0.370 e. The fourth-order valence-electron chi connectivity index (χ4n) is 1.41. The molecule has 2 rings (SSSR count). The summed E-state index contributed by atoms with van der Waals surface area (Å²) in [5.41, 5.74) is 5.69. The molecule has 0 aliphatic heterocycles. The molecule has 3 N–H and O–H groups in total. The van der Waals surface area contributed by atoms with Crippen molar-refractivity contribution in [1.82, 2.24) is 20.1 Å². The first kappa shape index (κ1) is 12.7. The number of H-pyrrole nitrogens is 1. The SMILES string of the molecule is CN(C(N)=NCc1nc(C(F)(F)F)n[nH]1)C1CC1. The van der Waals surface area contributed by atoms with Crippen LogP contribution in [0.25, 0.3) is 0 Å². The first-order chi connectivity index (χ1) is 8.38. The third-order valence-electron chi connectivity index (χ3n) is 2.63. The molecule has 0 aromatic carbocycles. The summed E-state index contributed by atoms with van der Waals surface area (Å²) in [6.45, 7) is -0.0496. The zero-order valence-electron chi connectivity index (χ0n) is 9.70. The predicted molar refractivity (Wildman–Crippen MR) is 57.5 cm³/mol. The number of aromatic nitrogens is 3. The highest BCUT2D eigenvalue weighted by Crippen LogP contribution is 2.26. The number of nitrogens with one attached hydrogen (secondary N) is 1. The molecule has 0 amide bonds. The maximum absolute atomic E-state index is 12.2. The minimum Gasteiger partial charge on any atom is -0.370 e. The minimum absolute atomic E-state index is 0.0365. The van der Waals surface area contributed by atoms with Crippen molar-refractivity contribution in [2.24, 2.45) is 10.7 Å². The third-order valence-corrected chi connectivity index (χ3v) is 2.63. The molecule has 100 valence electrons. The van der Waals surface area contributed by atoms with Gasteiger partial charge in [-0.15, -0.1) is 5.10 Å². The Balaban J connectivity index is 1.97. The third kappa shape index (κ3) is 2.90. The van der Waals surface area contributed by atoms with Crippen LogP contribution in [0.15, 0.2) is 4.99 Å². The number of hydrogen-bond acceptors (Lipinski definition) is 3. The fourth-order valence-corrected chi connectivity index (χ4v) is 1.41. The van der Waals surface area contributed by atoms with Gasteiger partial charge in [0.15, 0.2) is 5.96 Å². The maximum Gasteiger partial charge on any atom is 0.453 e. The monoisotopic (exact) mass is 262 g/mol. The van der Waals surface area contributed by atoms with Gasteiger partial charge in [0.1, 0.15) is 12.4 Å². The molecule has 18 heavy (non-hydrogen) atoms. The van der Waals surface area contributed by atoms with E-state index < -0.39 is 12.0 Å². The van der Waals surface area contributed by atoms with Crippen molar-refractivity contribution in [3.8, 4) is 0 Å². The molecule has 0 atom stereocenters. The molecule has 1 fully saturated rings. The fraction of sp³-hybridized carbons (Fsp3) is 0.667. The van der Waals surface area contributed by atoms with Gasteiger partial charge in [0.05, 0.1) is 0 Å². The highest BCUT2D eigenvalue weighted by molar-refractivity contribution is 5.78. The Hall–Kier alpha value is -1.80. The van der Waals surface area contributed by atoms with E-state index in [-0.39, 0.29) is 12.4 Å². The van der Waals surface area contributed by atoms with Crippen LogP contribution in [-0.2, 0) is 12.7 Å². The van der Waals surface area contributed by atoms with Crippen LogP contribution in [0.3, 0.4) is 0 Å². The van der Waals surface area contributed by atoms with Gasteiger partial charge in [0.25, 0.3) is 5.82 Å². The van der Waals surface area contributed by atoms with E-state index >= 15 is 0 Å². The lowest BCUT2D eigenvalue weighted by Crippen LogP contribution is -2.35. The van der Waals surface area contributed by atoms with Gasteiger partial charge >= 0.3 is 6.18 Å². The molecule has 1 aromatic heterocycles. The van der Waals surface area contributed by atoms with Crippen molar-refractivity contribution in [2.75, 3.05) is 7.05 Å². The Morgan fingerprint density at radius 2 is 2.22 bits per heavy atom. The Morgan fingerprint density at radius 1 is 1.56 bits per heavy atom. The largest absolute Gasteiger partial charge is 0.453 e. The summed E-state index contributed by atoms with van der Waals surface area (Å²) in [5.74, 6) is -0.862. The highest BCUT2D eigenvalue weighted by Gasteiger charge is 2.36. The van der Waals surface area contributed by atoms with Crippen LogP contribution in [0.1, 0.15) is 24.5 Å². The van der Waals surface area contributed by atoms with E-state index in [0.29, 0.717) is 12.0 Å². The van der Waals surface area contributed by atoms with Crippen LogP contribution in [0.2, 0.25) is 0 Å². The summed E-state index contributed by atoms with van der Waals surface area (Å²) >= 11 is 0. The van der Waals surface area contributed by atoms with E-state index in [4.69, 9.17) is 5.73 Å². The Morgan fingerprint density at radius 3 is 2.72 bits per heavy atom. The Labute approximate surface area is 101 Å². The number of nitrogens with zero attached hydrogens (tertiary/aromatic N) is 4. The van der Waals surface area contributed by atoms with Crippen LogP contribution in [-0.4, -0.2) is 39.1 Å². The molecule has 1 aromatic rings. The van der Waals surface area contributed by atoms with Crippen LogP contribution in [0, 0.1) is 0 Å². The van der Waals surface area contributed by atoms with E-state index in [0.717, 1.165) is 12.8 Å². The number of halogens is 3. The summed E-state index contributed by atoms with van der Waals surface area (Å²) in [7, 11) is 1.80. The van der Waals surface area contributed by atoms with Crippen molar-refractivity contribution in [2.45, 2.75) is 31.6 Å². The van der Waals surface area contributed by atoms with Crippen molar-refractivity contribution in [3.63, 3.8) is 0 Å². The first-order valence-corrected chi connectivity index (χ1v) is 5.39. The average molecular weight is 262 g/mol. The minimum atomic E-state index is -4.55. The highest BCUT2D eigenvalue weighted by atomic mass is 19.4. The van der Waals surface area contributed by atoms with Gasteiger partial charge in [0.2, 0.25) is 0 Å². The molecule has 1 aliphatic carbocycles. The second kappa shape index (κ2) is 4.46. The molecule has 0 saturated heterocycles. The normalized spacial score (nSPS) is 17.0. The van der Waals surface area contributed by atoms with Crippen molar-refractivity contribution < 1.29 is 13.2 Å². The number of hydrogen-bond donors (Lipinski definition) is 2. The van der Waals surface area contributed by atoms with Gasteiger partial charge < -0.3 is 10.6 Å². The lowest BCUT2D eigenvalue weighted by Gasteiger charge is -2.16. The molecule has 1 heterocycles. The van der Waals surface area contributed by atoms with Gasteiger partial charge in [-0.1, -0.05) is 0 Å². The topological polar surface area (TPSA) is 83.2 Å². The Kier molecular flexibility index (Phi) is 3.14. The molecule has 6 nitrogen and oxygen atoms in total. The summed E-state index contributed by atoms with van der Waals surface area (Å²) < 4.78 is 36.7. The van der Waals surface area contributed by atoms with Crippen LogP contribution in [0.4, 0.5) is 13.2 Å². The maximum atomic E-state index is 12.2. The average Bonchev–Trinajstić information content (AvgIpc) is 3.02. The lowest BCUT2D eigenvalue weighted by molar-refractivity contribution is -0.144. The number of aromatic amines is 1. The summed E-state index contributed by atoms with van der Waals surface area (Å²) in [4.78, 5) is 9.08. The van der Waals surface area contributed by atoms with Gasteiger partial charge in [-0.2, -0.15) is 13.2 Å². The van der Waals surface area contributed by atoms with Crippen LogP contribution < -0.4 is 5.73 Å². The summed E-state index contributed by atoms with van der Waals surface area (Å²) in [6.07, 6.45) is -2.42. The molecule has 0 unspecified atom stereocenters. The van der Waals surface area contributed by atoms with Crippen LogP contribution >= 0.6 is 0 Å². The molecule has 9 heteroatoms. The van der Waals surface area contributed by atoms with E-state index in [2.05, 4.69) is 20.2 Å². The van der Waals surface area contributed by atoms with Gasteiger partial charge in [-0.3, -0.25) is 5.10 Å². The molecular formula is C9H13F3N6. The summed E-state index contributed by atoms with van der Waals surface area (Å²) in [5, 5.41) is 5.26. The van der Waals surface area contributed by atoms with Crippen LogP contribution in [0.5, 0.6) is 0 Å². The van der Waals surface area contributed by atoms with E-state index in [1.807, 2.05) is 0 Å². The van der Waals surface area contributed by atoms with Crippen molar-refractivity contribution in [1.29, 1.82) is 0 Å². The second-order valence-corrected chi connectivity index (χ2v) is 4.12. The van der Waals surface area contributed by atoms with Gasteiger partial charge in [-0.25, -0.2) is 9.98 Å². The Bertz CT molecular complexity index is 447. The number of nitrogens with two attached hydrogens (primary N) is 1. The number of alkyl halides is 3. The molecule has 0 radical (unpaired) electrons. The molecular weight excluding hydrogens is 249 g/mol. The predicted octanol–water partition coefficient (Wildman–Crippen LogP) is 0.732.